The Kier molecular flexibility index (Phi) is 4.77. The quantitative estimate of drug-likeness (QED) is 0.770. The molecule has 0 aromatic heterocycles. The van der Waals surface area contributed by atoms with Gasteiger partial charge in [-0.1, -0.05) is 0 Å². The van der Waals surface area contributed by atoms with Crippen molar-refractivity contribution in [2.45, 2.75) is 4.90 Å². The van der Waals surface area contributed by atoms with Gasteiger partial charge in [0, 0.05) is 11.6 Å². The first-order valence-electron chi connectivity index (χ1n) is 7.35. The number of hydrazine groups is 1. The molecule has 2 aromatic rings. The van der Waals surface area contributed by atoms with Gasteiger partial charge in [-0.3, -0.25) is 10.2 Å². The lowest BCUT2D eigenvalue weighted by Gasteiger charge is -2.19. The molecule has 0 radical (unpaired) electrons. The maximum atomic E-state index is 12.3. The zero-order valence-electron chi connectivity index (χ0n) is 13.3. The molecule has 0 bridgehead atoms. The molecule has 3 rings (SSSR count). The second-order valence-corrected chi connectivity index (χ2v) is 6.78. The average molecular weight is 364 g/mol. The summed E-state index contributed by atoms with van der Waals surface area (Å²) in [6, 6.07) is 10.5. The smallest absolute Gasteiger partial charge is 0.266 e. The third-order valence-corrected chi connectivity index (χ3v) is 4.72. The van der Waals surface area contributed by atoms with Crippen LogP contribution in [0.2, 0.25) is 0 Å². The van der Waals surface area contributed by atoms with Gasteiger partial charge in [0.15, 0.2) is 11.5 Å². The molecule has 1 aliphatic heterocycles. The number of hydrogen-bond donors (Lipinski definition) is 2. The molecule has 2 aromatic carbocycles. The molecule has 25 heavy (non-hydrogen) atoms. The highest BCUT2D eigenvalue weighted by Crippen LogP contribution is 2.32. The van der Waals surface area contributed by atoms with Crippen LogP contribution in [-0.2, 0) is 10.0 Å². The van der Waals surface area contributed by atoms with Crippen LogP contribution in [0.15, 0.2) is 47.4 Å². The van der Waals surface area contributed by atoms with E-state index in [9.17, 15) is 13.2 Å². The molecule has 1 aliphatic rings. The van der Waals surface area contributed by atoms with E-state index in [0.29, 0.717) is 30.5 Å². The van der Waals surface area contributed by atoms with Crippen LogP contribution in [0.3, 0.4) is 0 Å². The lowest BCUT2D eigenvalue weighted by Crippen LogP contribution is -2.41. The minimum absolute atomic E-state index is 0.0493. The van der Waals surface area contributed by atoms with Crippen molar-refractivity contribution in [3.8, 4) is 17.2 Å². The van der Waals surface area contributed by atoms with E-state index in [0.717, 1.165) is 0 Å². The van der Waals surface area contributed by atoms with Crippen LogP contribution in [-0.4, -0.2) is 34.6 Å². The van der Waals surface area contributed by atoms with E-state index in [4.69, 9.17) is 14.2 Å². The standard InChI is InChI=1S/C16H16N2O6S/c1-22-12-4-2-11(3-5-12)16(19)17-18-25(20,21)13-6-7-14-15(10-13)24-9-8-23-14/h2-7,10,18H,8-9H2,1H3,(H,17,19). The second-order valence-electron chi connectivity index (χ2n) is 5.09. The number of carbonyl (C=O) groups excluding carboxylic acids is 1. The normalized spacial score (nSPS) is 13.2. The van der Waals surface area contributed by atoms with Crippen molar-refractivity contribution in [3.63, 3.8) is 0 Å². The van der Waals surface area contributed by atoms with Gasteiger partial charge in [-0.2, -0.15) is 0 Å². The number of ether oxygens (including phenoxy) is 3. The number of amides is 1. The van der Waals surface area contributed by atoms with Crippen LogP contribution in [0.25, 0.3) is 0 Å². The summed E-state index contributed by atoms with van der Waals surface area (Å²) in [5.41, 5.74) is 2.45. The van der Waals surface area contributed by atoms with Crippen LogP contribution >= 0.6 is 0 Å². The zero-order chi connectivity index (χ0) is 17.9. The van der Waals surface area contributed by atoms with Gasteiger partial charge in [-0.05, 0) is 36.4 Å². The number of benzene rings is 2. The van der Waals surface area contributed by atoms with Crippen molar-refractivity contribution in [1.82, 2.24) is 10.3 Å². The van der Waals surface area contributed by atoms with Crippen molar-refractivity contribution >= 4 is 15.9 Å². The van der Waals surface area contributed by atoms with Crippen LogP contribution < -0.4 is 24.5 Å². The van der Waals surface area contributed by atoms with Crippen LogP contribution in [0.5, 0.6) is 17.2 Å². The number of methoxy groups -OCH3 is 1. The van der Waals surface area contributed by atoms with E-state index in [2.05, 4.69) is 10.3 Å². The molecule has 0 unspecified atom stereocenters. The van der Waals surface area contributed by atoms with E-state index >= 15 is 0 Å². The molecular formula is C16H16N2O6S. The van der Waals surface area contributed by atoms with E-state index in [1.165, 1.54) is 37.4 Å². The molecular weight excluding hydrogens is 348 g/mol. The first-order valence-corrected chi connectivity index (χ1v) is 8.84. The summed E-state index contributed by atoms with van der Waals surface area (Å²) < 4.78 is 40.3. The van der Waals surface area contributed by atoms with Crippen LogP contribution in [0.1, 0.15) is 10.4 Å². The predicted molar refractivity (Wildman–Crippen MR) is 88.2 cm³/mol. The van der Waals surface area contributed by atoms with Gasteiger partial charge in [0.25, 0.3) is 15.9 Å². The molecule has 0 fully saturated rings. The first kappa shape index (κ1) is 17.1. The van der Waals surface area contributed by atoms with Crippen molar-refractivity contribution < 1.29 is 27.4 Å². The lowest BCUT2D eigenvalue weighted by atomic mass is 10.2. The monoisotopic (exact) mass is 364 g/mol. The molecule has 9 heteroatoms. The van der Waals surface area contributed by atoms with Gasteiger partial charge in [-0.25, -0.2) is 8.42 Å². The second kappa shape index (κ2) is 6.99. The van der Waals surface area contributed by atoms with Crippen LogP contribution in [0.4, 0.5) is 0 Å². The topological polar surface area (TPSA) is 103 Å². The van der Waals surface area contributed by atoms with Crippen molar-refractivity contribution in [2.24, 2.45) is 0 Å². The predicted octanol–water partition coefficient (Wildman–Crippen LogP) is 1.09. The number of nitrogens with one attached hydrogen (secondary N) is 2. The van der Waals surface area contributed by atoms with Gasteiger partial charge in [0.2, 0.25) is 0 Å². The van der Waals surface area contributed by atoms with Gasteiger partial charge < -0.3 is 14.2 Å². The van der Waals surface area contributed by atoms with Gasteiger partial charge in [0.1, 0.15) is 19.0 Å². The van der Waals surface area contributed by atoms with E-state index < -0.39 is 15.9 Å². The van der Waals surface area contributed by atoms with Crippen LogP contribution in [0, 0.1) is 0 Å². The van der Waals surface area contributed by atoms with E-state index in [-0.39, 0.29) is 10.5 Å². The molecule has 1 heterocycles. The Morgan fingerprint density at radius 1 is 1.04 bits per heavy atom. The summed E-state index contributed by atoms with van der Waals surface area (Å²) in [6.07, 6.45) is 0. The van der Waals surface area contributed by atoms with E-state index in [1.807, 2.05) is 0 Å². The summed E-state index contributed by atoms with van der Waals surface area (Å²) in [4.78, 5) is 14.0. The largest absolute Gasteiger partial charge is 0.497 e. The fraction of sp³-hybridized carbons (Fsp3) is 0.188. The van der Waals surface area contributed by atoms with Gasteiger partial charge >= 0.3 is 0 Å². The molecule has 2 N–H and O–H groups in total. The Morgan fingerprint density at radius 2 is 1.72 bits per heavy atom. The number of sulfonamides is 1. The van der Waals surface area contributed by atoms with Crippen molar-refractivity contribution in [2.75, 3.05) is 20.3 Å². The summed E-state index contributed by atoms with van der Waals surface area (Å²) in [5, 5.41) is 0. The molecule has 0 spiro atoms. The Hall–Kier alpha value is -2.78. The summed E-state index contributed by atoms with van der Waals surface area (Å²) >= 11 is 0. The fourth-order valence-electron chi connectivity index (χ4n) is 2.18. The molecule has 0 saturated carbocycles. The van der Waals surface area contributed by atoms with E-state index in [1.54, 1.807) is 12.1 Å². The zero-order valence-corrected chi connectivity index (χ0v) is 14.1. The number of hydrogen-bond acceptors (Lipinski definition) is 6. The Labute approximate surface area is 144 Å². The molecule has 8 nitrogen and oxygen atoms in total. The van der Waals surface area contributed by atoms with Crippen molar-refractivity contribution in [1.29, 1.82) is 0 Å². The third kappa shape index (κ3) is 3.83. The summed E-state index contributed by atoms with van der Waals surface area (Å²) in [5.74, 6) is 0.820. The summed E-state index contributed by atoms with van der Waals surface area (Å²) in [6.45, 7) is 0.757. The van der Waals surface area contributed by atoms with Gasteiger partial charge in [-0.15, -0.1) is 4.83 Å². The molecule has 0 atom stereocenters. The minimum Gasteiger partial charge on any atom is -0.497 e. The SMILES string of the molecule is COc1ccc(C(=O)NNS(=O)(=O)c2ccc3c(c2)OCCO3)cc1. The maximum Gasteiger partial charge on any atom is 0.266 e. The average Bonchev–Trinajstić information content (AvgIpc) is 2.66. The summed E-state index contributed by atoms with van der Waals surface area (Å²) in [7, 11) is -2.44. The highest BCUT2D eigenvalue weighted by atomic mass is 32.2. The number of rotatable bonds is 5. The van der Waals surface area contributed by atoms with Gasteiger partial charge in [0.05, 0.1) is 12.0 Å². The Morgan fingerprint density at radius 3 is 2.40 bits per heavy atom. The fourth-order valence-corrected chi connectivity index (χ4v) is 3.03. The third-order valence-electron chi connectivity index (χ3n) is 3.48. The first-order chi connectivity index (χ1) is 12.0. The number of carbonyl (C=O) groups is 1. The maximum absolute atomic E-state index is 12.3. The molecule has 132 valence electrons. The molecule has 1 amide bonds. The number of fused-ring (bicyclic) bond motifs is 1. The molecule has 0 aliphatic carbocycles. The molecule has 0 saturated heterocycles. The Bertz CT molecular complexity index is 880. The highest BCUT2D eigenvalue weighted by molar-refractivity contribution is 7.89. The van der Waals surface area contributed by atoms with Crippen molar-refractivity contribution in [3.05, 3.63) is 48.0 Å². The Balaban J connectivity index is 1.69. The lowest BCUT2D eigenvalue weighted by molar-refractivity contribution is 0.0945. The highest BCUT2D eigenvalue weighted by Gasteiger charge is 2.20. The minimum atomic E-state index is -3.95.